The van der Waals surface area contributed by atoms with Crippen LogP contribution in [0.25, 0.3) is 11.1 Å². The van der Waals surface area contributed by atoms with Gasteiger partial charge in [-0.25, -0.2) is 0 Å². The highest BCUT2D eigenvalue weighted by molar-refractivity contribution is 6.01. The minimum Gasteiger partial charge on any atom is -0.461 e. The number of likely N-dealkylation sites (tertiary alicyclic amines) is 1. The first-order valence-corrected chi connectivity index (χ1v) is 12.1. The molecule has 1 fully saturated rings. The summed E-state index contributed by atoms with van der Waals surface area (Å²) in [7, 11) is 1.60. The lowest BCUT2D eigenvalue weighted by Crippen LogP contribution is -2.26. The van der Waals surface area contributed by atoms with Crippen LogP contribution in [0.2, 0.25) is 0 Å². The van der Waals surface area contributed by atoms with Crippen molar-refractivity contribution in [2.45, 2.75) is 32.4 Å². The molecule has 182 valence electrons. The number of nitrogens with zero attached hydrogens (tertiary/aromatic N) is 4. The van der Waals surface area contributed by atoms with E-state index in [1.165, 1.54) is 37.1 Å². The summed E-state index contributed by atoms with van der Waals surface area (Å²) in [5.41, 5.74) is 11.5. The number of hydrogen-bond acceptors (Lipinski definition) is 7. The van der Waals surface area contributed by atoms with Gasteiger partial charge in [0.05, 0.1) is 19.6 Å². The van der Waals surface area contributed by atoms with Gasteiger partial charge in [-0.15, -0.1) is 0 Å². The van der Waals surface area contributed by atoms with Crippen LogP contribution in [-0.4, -0.2) is 54.2 Å². The van der Waals surface area contributed by atoms with Gasteiger partial charge in [0, 0.05) is 19.2 Å². The van der Waals surface area contributed by atoms with Crippen molar-refractivity contribution in [2.75, 3.05) is 44.0 Å². The van der Waals surface area contributed by atoms with Crippen molar-refractivity contribution in [3.8, 4) is 17.1 Å². The van der Waals surface area contributed by atoms with Crippen LogP contribution >= 0.6 is 0 Å². The monoisotopic (exact) mass is 473 g/mol. The summed E-state index contributed by atoms with van der Waals surface area (Å²) in [6.07, 6.45) is 2.79. The Hall–Kier alpha value is -3.49. The number of carbonyl (C=O) groups excluding carboxylic acids is 1. The second-order valence-electron chi connectivity index (χ2n) is 9.07. The van der Waals surface area contributed by atoms with Crippen LogP contribution in [-0.2, 0) is 29.0 Å². The first-order chi connectivity index (χ1) is 17.1. The topological polar surface area (TPSA) is 93.8 Å². The maximum atomic E-state index is 12.8. The number of carbonyl (C=O) groups is 1. The largest absolute Gasteiger partial charge is 0.461 e. The quantitative estimate of drug-likeness (QED) is 0.476. The number of amides is 1. The summed E-state index contributed by atoms with van der Waals surface area (Å²) in [6.45, 7) is 4.52. The Morgan fingerprint density at radius 3 is 2.51 bits per heavy atom. The zero-order valence-corrected chi connectivity index (χ0v) is 20.1. The molecule has 2 aliphatic heterocycles. The standard InChI is InChI=1S/C27H31N5O3/c1-34-13-14-35-27-29-25(28)23-16-24(33)32(26(23)30-27)18-19-7-9-21(10-8-19)22-6-4-5-20(15-22)17-31-11-2-3-12-31/h4-10,15H,2-3,11-14,16-18H2,1H3,(H2,28,29,30). The Bertz CT molecular complexity index is 1190. The number of fused-ring (bicyclic) bond motifs is 1. The molecule has 0 spiro atoms. The second kappa shape index (κ2) is 10.4. The lowest BCUT2D eigenvalue weighted by atomic mass is 10.0. The highest BCUT2D eigenvalue weighted by Gasteiger charge is 2.32. The Kier molecular flexibility index (Phi) is 6.92. The van der Waals surface area contributed by atoms with Crippen LogP contribution in [0.5, 0.6) is 6.01 Å². The zero-order chi connectivity index (χ0) is 24.2. The van der Waals surface area contributed by atoms with E-state index in [9.17, 15) is 4.79 Å². The Labute approximate surface area is 205 Å². The molecule has 1 saturated heterocycles. The predicted molar refractivity (Wildman–Crippen MR) is 135 cm³/mol. The molecule has 1 aromatic heterocycles. The summed E-state index contributed by atoms with van der Waals surface area (Å²) in [5, 5.41) is 0. The number of methoxy groups -OCH3 is 1. The Balaban J connectivity index is 1.30. The fourth-order valence-electron chi connectivity index (χ4n) is 4.70. The molecular weight excluding hydrogens is 442 g/mol. The van der Waals surface area contributed by atoms with Crippen molar-refractivity contribution in [1.82, 2.24) is 14.9 Å². The first-order valence-electron chi connectivity index (χ1n) is 12.1. The second-order valence-corrected chi connectivity index (χ2v) is 9.07. The van der Waals surface area contributed by atoms with Crippen molar-refractivity contribution in [3.63, 3.8) is 0 Å². The van der Waals surface area contributed by atoms with Gasteiger partial charge in [0.2, 0.25) is 5.91 Å². The number of anilines is 2. The zero-order valence-electron chi connectivity index (χ0n) is 20.1. The minimum absolute atomic E-state index is 0.0475. The van der Waals surface area contributed by atoms with E-state index in [1.54, 1.807) is 12.0 Å². The fraction of sp³-hybridized carbons (Fsp3) is 0.370. The number of nitrogens with two attached hydrogens (primary N) is 1. The molecule has 0 radical (unpaired) electrons. The van der Waals surface area contributed by atoms with Crippen molar-refractivity contribution in [2.24, 2.45) is 0 Å². The third-order valence-electron chi connectivity index (χ3n) is 6.56. The van der Waals surface area contributed by atoms with E-state index in [0.29, 0.717) is 31.1 Å². The molecule has 0 unspecified atom stereocenters. The maximum absolute atomic E-state index is 12.8. The van der Waals surface area contributed by atoms with Crippen LogP contribution < -0.4 is 15.4 Å². The van der Waals surface area contributed by atoms with Gasteiger partial charge in [-0.05, 0) is 54.3 Å². The number of nitrogen functional groups attached to an aromatic ring is 1. The lowest BCUT2D eigenvalue weighted by Gasteiger charge is -2.18. The van der Waals surface area contributed by atoms with Gasteiger partial charge in [-0.3, -0.25) is 14.6 Å². The number of ether oxygens (including phenoxy) is 2. The average Bonchev–Trinajstić information content (AvgIpc) is 3.48. The summed E-state index contributed by atoms with van der Waals surface area (Å²) in [6, 6.07) is 17.3. The summed E-state index contributed by atoms with van der Waals surface area (Å²) < 4.78 is 10.5. The van der Waals surface area contributed by atoms with Gasteiger partial charge in [-0.1, -0.05) is 42.5 Å². The Morgan fingerprint density at radius 2 is 1.74 bits per heavy atom. The summed E-state index contributed by atoms with van der Waals surface area (Å²) >= 11 is 0. The van der Waals surface area contributed by atoms with E-state index in [-0.39, 0.29) is 24.2 Å². The molecule has 35 heavy (non-hydrogen) atoms. The third kappa shape index (κ3) is 5.28. The van der Waals surface area contributed by atoms with Crippen LogP contribution in [0.3, 0.4) is 0 Å². The third-order valence-corrected chi connectivity index (χ3v) is 6.56. The number of rotatable bonds is 9. The normalized spacial score (nSPS) is 15.6. The molecule has 1 amide bonds. The fourth-order valence-corrected chi connectivity index (χ4v) is 4.70. The van der Waals surface area contributed by atoms with E-state index in [4.69, 9.17) is 15.2 Å². The average molecular weight is 474 g/mol. The highest BCUT2D eigenvalue weighted by atomic mass is 16.5. The minimum atomic E-state index is -0.0475. The SMILES string of the molecule is COCCOc1nc(N)c2c(n1)N(Cc1ccc(-c3cccc(CN4CCCC4)c3)cc1)C(=O)C2. The molecule has 2 N–H and O–H groups in total. The Morgan fingerprint density at radius 1 is 0.943 bits per heavy atom. The molecule has 0 saturated carbocycles. The summed E-state index contributed by atoms with van der Waals surface area (Å²) in [5.74, 6) is 0.754. The molecule has 2 aliphatic rings. The van der Waals surface area contributed by atoms with Crippen molar-refractivity contribution < 1.29 is 14.3 Å². The molecule has 8 heteroatoms. The molecular formula is C27H31N5O3. The molecule has 5 rings (SSSR count). The molecule has 2 aromatic carbocycles. The molecule has 8 nitrogen and oxygen atoms in total. The van der Waals surface area contributed by atoms with E-state index in [1.807, 2.05) is 0 Å². The predicted octanol–water partition coefficient (Wildman–Crippen LogP) is 3.44. The number of aromatic nitrogens is 2. The molecule has 0 aliphatic carbocycles. The summed E-state index contributed by atoms with van der Waals surface area (Å²) in [4.78, 5) is 25.6. The van der Waals surface area contributed by atoms with Crippen molar-refractivity contribution in [1.29, 1.82) is 0 Å². The van der Waals surface area contributed by atoms with Gasteiger partial charge >= 0.3 is 6.01 Å². The van der Waals surface area contributed by atoms with E-state index in [0.717, 1.165) is 17.7 Å². The van der Waals surface area contributed by atoms with Crippen LogP contribution in [0, 0.1) is 0 Å². The number of hydrogen-bond donors (Lipinski definition) is 1. The van der Waals surface area contributed by atoms with Gasteiger partial charge in [0.25, 0.3) is 0 Å². The molecule has 3 heterocycles. The van der Waals surface area contributed by atoms with Crippen LogP contribution in [0.15, 0.2) is 48.5 Å². The van der Waals surface area contributed by atoms with E-state index >= 15 is 0 Å². The van der Waals surface area contributed by atoms with Crippen LogP contribution in [0.1, 0.15) is 29.5 Å². The van der Waals surface area contributed by atoms with Gasteiger partial charge < -0.3 is 15.2 Å². The van der Waals surface area contributed by atoms with Gasteiger partial charge in [0.15, 0.2) is 0 Å². The smallest absolute Gasteiger partial charge is 0.320 e. The first kappa shape index (κ1) is 23.3. The lowest BCUT2D eigenvalue weighted by molar-refractivity contribution is -0.117. The highest BCUT2D eigenvalue weighted by Crippen LogP contribution is 2.33. The van der Waals surface area contributed by atoms with Gasteiger partial charge in [0.1, 0.15) is 18.2 Å². The maximum Gasteiger partial charge on any atom is 0.320 e. The van der Waals surface area contributed by atoms with Crippen molar-refractivity contribution >= 4 is 17.5 Å². The van der Waals surface area contributed by atoms with Gasteiger partial charge in [-0.2, -0.15) is 9.97 Å². The molecule has 0 bridgehead atoms. The number of benzene rings is 2. The molecule has 0 atom stereocenters. The van der Waals surface area contributed by atoms with E-state index < -0.39 is 0 Å². The van der Waals surface area contributed by atoms with Crippen LogP contribution in [0.4, 0.5) is 11.6 Å². The molecule has 3 aromatic rings. The van der Waals surface area contributed by atoms with E-state index in [2.05, 4.69) is 63.4 Å². The van der Waals surface area contributed by atoms with Crippen molar-refractivity contribution in [3.05, 3.63) is 65.2 Å².